The first-order valence-electron chi connectivity index (χ1n) is 9.81. The van der Waals surface area contributed by atoms with Crippen molar-refractivity contribution in [1.29, 1.82) is 0 Å². The van der Waals surface area contributed by atoms with Crippen molar-refractivity contribution >= 4 is 27.8 Å². The standard InChI is InChI=1S/C21H27N3O3S2/c1-2-29(26,27)24-14-12-18(13-15-24)23-21(25)22-16-17-8-6-7-11-20(17)28-19-9-4-3-5-10-19/h3-11,18H,2,12-16H2,1H3,(H2,22,23,25). The van der Waals surface area contributed by atoms with E-state index in [9.17, 15) is 13.2 Å². The van der Waals surface area contributed by atoms with Gasteiger partial charge in [-0.05, 0) is 43.5 Å². The average molecular weight is 434 g/mol. The second kappa shape index (κ2) is 10.1. The molecule has 2 amide bonds. The Labute approximate surface area is 177 Å². The number of hydrogen-bond acceptors (Lipinski definition) is 4. The van der Waals surface area contributed by atoms with E-state index >= 15 is 0 Å². The normalized spacial score (nSPS) is 15.8. The number of amides is 2. The molecule has 0 saturated carbocycles. The molecular formula is C21H27N3O3S2. The largest absolute Gasteiger partial charge is 0.335 e. The molecule has 1 fully saturated rings. The van der Waals surface area contributed by atoms with Crippen molar-refractivity contribution in [2.45, 2.75) is 42.1 Å². The quantitative estimate of drug-likeness (QED) is 0.701. The summed E-state index contributed by atoms with van der Waals surface area (Å²) < 4.78 is 25.4. The lowest BCUT2D eigenvalue weighted by Crippen LogP contribution is -2.49. The molecule has 0 radical (unpaired) electrons. The smallest absolute Gasteiger partial charge is 0.315 e. The maximum absolute atomic E-state index is 12.3. The summed E-state index contributed by atoms with van der Waals surface area (Å²) in [4.78, 5) is 14.6. The summed E-state index contributed by atoms with van der Waals surface area (Å²) in [6.07, 6.45) is 1.26. The monoisotopic (exact) mass is 433 g/mol. The fraction of sp³-hybridized carbons (Fsp3) is 0.381. The predicted molar refractivity (Wildman–Crippen MR) is 116 cm³/mol. The van der Waals surface area contributed by atoms with Crippen LogP contribution in [0.2, 0.25) is 0 Å². The van der Waals surface area contributed by atoms with Crippen LogP contribution in [0.5, 0.6) is 0 Å². The molecule has 1 aliphatic heterocycles. The molecule has 2 aromatic carbocycles. The van der Waals surface area contributed by atoms with Crippen LogP contribution in [0, 0.1) is 0 Å². The van der Waals surface area contributed by atoms with E-state index in [4.69, 9.17) is 0 Å². The Hall–Kier alpha value is -2.03. The molecule has 8 heteroatoms. The first kappa shape index (κ1) is 21.7. The zero-order valence-electron chi connectivity index (χ0n) is 16.5. The molecule has 3 rings (SSSR count). The fourth-order valence-corrected chi connectivity index (χ4v) is 5.34. The first-order valence-corrected chi connectivity index (χ1v) is 12.2. The molecule has 0 unspecified atom stereocenters. The molecule has 1 saturated heterocycles. The maximum atomic E-state index is 12.3. The number of urea groups is 1. The summed E-state index contributed by atoms with van der Waals surface area (Å²) in [5.41, 5.74) is 1.06. The number of sulfonamides is 1. The Morgan fingerprint density at radius 3 is 2.41 bits per heavy atom. The van der Waals surface area contributed by atoms with Gasteiger partial charge in [0.25, 0.3) is 0 Å². The van der Waals surface area contributed by atoms with Gasteiger partial charge in [-0.25, -0.2) is 17.5 Å². The molecule has 2 N–H and O–H groups in total. The third-order valence-corrected chi connectivity index (χ3v) is 7.94. The van der Waals surface area contributed by atoms with E-state index in [0.717, 1.165) is 15.4 Å². The highest BCUT2D eigenvalue weighted by Crippen LogP contribution is 2.30. The summed E-state index contributed by atoms with van der Waals surface area (Å²) in [6.45, 7) is 3.00. The molecule has 0 aliphatic carbocycles. The number of hydrogen-bond donors (Lipinski definition) is 2. The molecule has 156 valence electrons. The second-order valence-corrected chi connectivity index (χ2v) is 10.3. The Kier molecular flexibility index (Phi) is 7.57. The van der Waals surface area contributed by atoms with Crippen LogP contribution < -0.4 is 10.6 Å². The van der Waals surface area contributed by atoms with E-state index in [0.29, 0.717) is 32.5 Å². The van der Waals surface area contributed by atoms with Gasteiger partial charge in [0.05, 0.1) is 5.75 Å². The van der Waals surface area contributed by atoms with E-state index in [1.807, 2.05) is 36.4 Å². The second-order valence-electron chi connectivity index (χ2n) is 6.92. The summed E-state index contributed by atoms with van der Waals surface area (Å²) in [5, 5.41) is 5.90. The van der Waals surface area contributed by atoms with Crippen LogP contribution in [0.1, 0.15) is 25.3 Å². The number of rotatable bonds is 7. The highest BCUT2D eigenvalue weighted by Gasteiger charge is 2.27. The van der Waals surface area contributed by atoms with Crippen molar-refractivity contribution in [3.05, 3.63) is 60.2 Å². The minimum atomic E-state index is -3.15. The Morgan fingerprint density at radius 1 is 1.07 bits per heavy atom. The Balaban J connectivity index is 1.49. The van der Waals surface area contributed by atoms with Gasteiger partial charge in [-0.1, -0.05) is 48.2 Å². The van der Waals surface area contributed by atoms with Crippen LogP contribution in [0.15, 0.2) is 64.4 Å². The van der Waals surface area contributed by atoms with E-state index in [1.54, 1.807) is 18.7 Å². The lowest BCUT2D eigenvalue weighted by molar-refractivity contribution is 0.227. The van der Waals surface area contributed by atoms with Crippen LogP contribution in [0.4, 0.5) is 4.79 Å². The Bertz CT molecular complexity index is 912. The van der Waals surface area contributed by atoms with Gasteiger partial charge in [0, 0.05) is 35.5 Å². The lowest BCUT2D eigenvalue weighted by atomic mass is 10.1. The van der Waals surface area contributed by atoms with Crippen molar-refractivity contribution in [3.8, 4) is 0 Å². The molecule has 1 aliphatic rings. The molecule has 0 aromatic heterocycles. The number of benzene rings is 2. The summed E-state index contributed by atoms with van der Waals surface area (Å²) in [7, 11) is -3.15. The van der Waals surface area contributed by atoms with Crippen LogP contribution in [0.25, 0.3) is 0 Å². The third kappa shape index (κ3) is 6.22. The van der Waals surface area contributed by atoms with Gasteiger partial charge >= 0.3 is 6.03 Å². The predicted octanol–water partition coefficient (Wildman–Crippen LogP) is 3.45. The molecule has 0 spiro atoms. The van der Waals surface area contributed by atoms with Crippen molar-refractivity contribution in [2.75, 3.05) is 18.8 Å². The van der Waals surface area contributed by atoms with Crippen LogP contribution in [0.3, 0.4) is 0 Å². The number of carbonyl (C=O) groups is 1. The van der Waals surface area contributed by atoms with Gasteiger partial charge in [-0.15, -0.1) is 0 Å². The van der Waals surface area contributed by atoms with Gasteiger partial charge in [-0.3, -0.25) is 0 Å². The van der Waals surface area contributed by atoms with E-state index < -0.39 is 10.0 Å². The minimum Gasteiger partial charge on any atom is -0.335 e. The van der Waals surface area contributed by atoms with Gasteiger partial charge in [-0.2, -0.15) is 0 Å². The first-order chi connectivity index (χ1) is 14.0. The zero-order valence-corrected chi connectivity index (χ0v) is 18.1. The van der Waals surface area contributed by atoms with Gasteiger partial charge < -0.3 is 10.6 Å². The van der Waals surface area contributed by atoms with E-state index in [2.05, 4.69) is 28.8 Å². The molecule has 0 bridgehead atoms. The average Bonchev–Trinajstić information content (AvgIpc) is 2.74. The summed E-state index contributed by atoms with van der Waals surface area (Å²) in [5.74, 6) is 0.117. The van der Waals surface area contributed by atoms with E-state index in [-0.39, 0.29) is 17.8 Å². The van der Waals surface area contributed by atoms with Crippen LogP contribution in [-0.2, 0) is 16.6 Å². The van der Waals surface area contributed by atoms with Crippen LogP contribution >= 0.6 is 11.8 Å². The summed E-state index contributed by atoms with van der Waals surface area (Å²) >= 11 is 1.67. The van der Waals surface area contributed by atoms with Gasteiger partial charge in [0.1, 0.15) is 0 Å². The number of nitrogens with one attached hydrogen (secondary N) is 2. The lowest BCUT2D eigenvalue weighted by Gasteiger charge is -2.31. The number of nitrogens with zero attached hydrogens (tertiary/aromatic N) is 1. The molecule has 29 heavy (non-hydrogen) atoms. The number of carbonyl (C=O) groups excluding carboxylic acids is 1. The molecular weight excluding hydrogens is 406 g/mol. The van der Waals surface area contributed by atoms with E-state index in [1.165, 1.54) is 4.31 Å². The molecule has 2 aromatic rings. The molecule has 0 atom stereocenters. The van der Waals surface area contributed by atoms with Crippen molar-refractivity contribution < 1.29 is 13.2 Å². The molecule has 1 heterocycles. The van der Waals surface area contributed by atoms with Crippen LogP contribution in [-0.4, -0.2) is 43.6 Å². The van der Waals surface area contributed by atoms with Crippen molar-refractivity contribution in [1.82, 2.24) is 14.9 Å². The molecule has 6 nitrogen and oxygen atoms in total. The van der Waals surface area contributed by atoms with Gasteiger partial charge in [0.15, 0.2) is 0 Å². The SMILES string of the molecule is CCS(=O)(=O)N1CCC(NC(=O)NCc2ccccc2Sc2ccccc2)CC1. The fourth-order valence-electron chi connectivity index (χ4n) is 3.24. The third-order valence-electron chi connectivity index (χ3n) is 4.93. The number of piperidine rings is 1. The van der Waals surface area contributed by atoms with Crippen molar-refractivity contribution in [3.63, 3.8) is 0 Å². The highest BCUT2D eigenvalue weighted by atomic mass is 32.2. The van der Waals surface area contributed by atoms with Gasteiger partial charge in [0.2, 0.25) is 10.0 Å². The van der Waals surface area contributed by atoms with Crippen molar-refractivity contribution in [2.24, 2.45) is 0 Å². The zero-order chi connectivity index (χ0) is 20.7. The topological polar surface area (TPSA) is 78.5 Å². The maximum Gasteiger partial charge on any atom is 0.315 e. The Morgan fingerprint density at radius 2 is 1.72 bits per heavy atom. The summed E-state index contributed by atoms with van der Waals surface area (Å²) in [6, 6.07) is 17.9. The highest BCUT2D eigenvalue weighted by molar-refractivity contribution is 7.99. The minimum absolute atomic E-state index is 0.00718.